The Labute approximate surface area is 63.9 Å². The molecule has 53 valence electrons. The van der Waals surface area contributed by atoms with E-state index in [1.54, 1.807) is 18.5 Å². The van der Waals surface area contributed by atoms with Gasteiger partial charge in [-0.05, 0) is 12.1 Å². The normalized spacial score (nSPS) is 10.2. The number of fused-ring (bicyclic) bond motifs is 1. The zero-order valence-electron chi connectivity index (χ0n) is 5.78. The number of rotatable bonds is 0. The van der Waals surface area contributed by atoms with Crippen LogP contribution in [0.4, 0.5) is 5.69 Å². The maximum atomic E-state index is 7.29. The van der Waals surface area contributed by atoms with Crippen LogP contribution < -0.4 is 5.73 Å². The van der Waals surface area contributed by atoms with E-state index in [4.69, 9.17) is 5.73 Å². The first-order chi connectivity index (χ1) is 5.36. The molecule has 0 aliphatic rings. The van der Waals surface area contributed by atoms with Crippen LogP contribution in [0, 0.1) is 0 Å². The molecule has 0 aliphatic carbocycles. The standard InChI is InChI=1S/C8H6N3/c9-7-3-6-4-10-2-1-8(6)11-5-7/h1-5,9H. The highest BCUT2D eigenvalue weighted by atomic mass is 14.7. The van der Waals surface area contributed by atoms with Crippen molar-refractivity contribution in [3.8, 4) is 0 Å². The van der Waals surface area contributed by atoms with Gasteiger partial charge in [-0.25, -0.2) is 0 Å². The van der Waals surface area contributed by atoms with Crippen LogP contribution in [0.25, 0.3) is 10.9 Å². The first kappa shape index (κ1) is 6.09. The van der Waals surface area contributed by atoms with E-state index >= 15 is 0 Å². The Bertz CT molecular complexity index is 384. The molecule has 11 heavy (non-hydrogen) atoms. The van der Waals surface area contributed by atoms with E-state index in [1.165, 1.54) is 6.20 Å². The Morgan fingerprint density at radius 2 is 2.18 bits per heavy atom. The highest BCUT2D eigenvalue weighted by Gasteiger charge is 1.92. The van der Waals surface area contributed by atoms with Gasteiger partial charge in [0.25, 0.3) is 0 Å². The molecule has 0 fully saturated rings. The van der Waals surface area contributed by atoms with Crippen molar-refractivity contribution in [2.24, 2.45) is 0 Å². The molecule has 0 amide bonds. The fourth-order valence-corrected chi connectivity index (χ4v) is 0.972. The third-order valence-electron chi connectivity index (χ3n) is 1.48. The number of pyridine rings is 2. The molecule has 3 heteroatoms. The molecule has 0 aliphatic heterocycles. The molecule has 0 unspecified atom stereocenters. The molecule has 2 aromatic heterocycles. The summed E-state index contributed by atoms with van der Waals surface area (Å²) in [4.78, 5) is 7.98. The average molecular weight is 144 g/mol. The maximum Gasteiger partial charge on any atom is 0.0734 e. The van der Waals surface area contributed by atoms with E-state index in [9.17, 15) is 0 Å². The van der Waals surface area contributed by atoms with Crippen molar-refractivity contribution in [3.05, 3.63) is 30.7 Å². The van der Waals surface area contributed by atoms with E-state index < -0.39 is 0 Å². The van der Waals surface area contributed by atoms with Crippen LogP contribution in [0.1, 0.15) is 0 Å². The zero-order valence-corrected chi connectivity index (χ0v) is 5.78. The number of hydrogen-bond donors (Lipinski definition) is 0. The summed E-state index contributed by atoms with van der Waals surface area (Å²) < 4.78 is 0. The summed E-state index contributed by atoms with van der Waals surface area (Å²) in [6, 6.07) is 3.57. The van der Waals surface area contributed by atoms with Crippen LogP contribution in [0.15, 0.2) is 30.7 Å². The molecule has 1 N–H and O–H groups in total. The quantitative estimate of drug-likeness (QED) is 0.563. The minimum Gasteiger partial charge on any atom is -0.299 e. The third-order valence-corrected chi connectivity index (χ3v) is 1.48. The topological polar surface area (TPSA) is 49.6 Å². The summed E-state index contributed by atoms with van der Waals surface area (Å²) in [7, 11) is 0. The molecule has 0 saturated heterocycles. The molecular formula is C8H6N3. The Morgan fingerprint density at radius 1 is 1.27 bits per heavy atom. The van der Waals surface area contributed by atoms with Gasteiger partial charge in [0.15, 0.2) is 0 Å². The first-order valence-corrected chi connectivity index (χ1v) is 3.27. The van der Waals surface area contributed by atoms with E-state index in [1.807, 2.05) is 6.07 Å². The van der Waals surface area contributed by atoms with Crippen molar-refractivity contribution in [1.82, 2.24) is 15.7 Å². The Balaban J connectivity index is 2.83. The molecule has 0 atom stereocenters. The Kier molecular flexibility index (Phi) is 1.22. The predicted molar refractivity (Wildman–Crippen MR) is 42.3 cm³/mol. The first-order valence-electron chi connectivity index (χ1n) is 3.27. The Hall–Kier alpha value is -1.64. The predicted octanol–water partition coefficient (Wildman–Crippen LogP) is 1.54. The number of aromatic nitrogens is 2. The number of nitrogens with zero attached hydrogens (tertiary/aromatic N) is 2. The lowest BCUT2D eigenvalue weighted by Crippen LogP contribution is -1.79. The van der Waals surface area contributed by atoms with Gasteiger partial charge in [0, 0.05) is 17.8 Å². The Morgan fingerprint density at radius 3 is 3.09 bits per heavy atom. The fourth-order valence-electron chi connectivity index (χ4n) is 0.972. The van der Waals surface area contributed by atoms with Crippen molar-refractivity contribution < 1.29 is 0 Å². The molecule has 2 aromatic rings. The number of nitrogens with one attached hydrogen (secondary N) is 1. The van der Waals surface area contributed by atoms with Crippen LogP contribution >= 0.6 is 0 Å². The SMILES string of the molecule is [NH]c1cnc2ccncc2c1. The third kappa shape index (κ3) is 1.00. The van der Waals surface area contributed by atoms with Gasteiger partial charge >= 0.3 is 0 Å². The van der Waals surface area contributed by atoms with Crippen LogP contribution in [-0.4, -0.2) is 9.97 Å². The highest BCUT2D eigenvalue weighted by molar-refractivity contribution is 5.79. The summed E-state index contributed by atoms with van der Waals surface area (Å²) in [6.45, 7) is 0. The van der Waals surface area contributed by atoms with Gasteiger partial charge in [0.05, 0.1) is 17.4 Å². The minimum atomic E-state index is 0.422. The lowest BCUT2D eigenvalue weighted by atomic mass is 10.2. The molecule has 2 rings (SSSR count). The minimum absolute atomic E-state index is 0.422. The van der Waals surface area contributed by atoms with Crippen LogP contribution in [0.3, 0.4) is 0 Å². The highest BCUT2D eigenvalue weighted by Crippen LogP contribution is 2.12. The second-order valence-corrected chi connectivity index (χ2v) is 2.29. The summed E-state index contributed by atoms with van der Waals surface area (Å²) in [5.74, 6) is 0. The van der Waals surface area contributed by atoms with Gasteiger partial charge in [0.2, 0.25) is 0 Å². The van der Waals surface area contributed by atoms with Crippen LogP contribution in [0.5, 0.6) is 0 Å². The van der Waals surface area contributed by atoms with Crippen molar-refractivity contribution in [3.63, 3.8) is 0 Å². The molecule has 2 heterocycles. The van der Waals surface area contributed by atoms with Gasteiger partial charge in [-0.2, -0.15) is 0 Å². The van der Waals surface area contributed by atoms with Gasteiger partial charge < -0.3 is 0 Å². The van der Waals surface area contributed by atoms with Crippen LogP contribution in [0.2, 0.25) is 0 Å². The van der Waals surface area contributed by atoms with E-state index in [0.29, 0.717) is 5.69 Å². The molecule has 0 spiro atoms. The molecule has 0 aromatic carbocycles. The molecule has 0 bridgehead atoms. The van der Waals surface area contributed by atoms with E-state index in [-0.39, 0.29) is 0 Å². The molecule has 3 nitrogen and oxygen atoms in total. The van der Waals surface area contributed by atoms with Gasteiger partial charge in [0.1, 0.15) is 0 Å². The summed E-state index contributed by atoms with van der Waals surface area (Å²) in [5.41, 5.74) is 8.59. The van der Waals surface area contributed by atoms with Crippen molar-refractivity contribution in [1.29, 1.82) is 0 Å². The monoisotopic (exact) mass is 144 g/mol. The van der Waals surface area contributed by atoms with Crippen LogP contribution in [-0.2, 0) is 0 Å². The zero-order chi connectivity index (χ0) is 7.68. The lowest BCUT2D eigenvalue weighted by Gasteiger charge is -1.94. The summed E-state index contributed by atoms with van der Waals surface area (Å²) in [6.07, 6.45) is 4.93. The second kappa shape index (κ2) is 2.20. The van der Waals surface area contributed by atoms with Crippen molar-refractivity contribution in [2.45, 2.75) is 0 Å². The van der Waals surface area contributed by atoms with Crippen molar-refractivity contribution in [2.75, 3.05) is 0 Å². The smallest absolute Gasteiger partial charge is 0.0734 e. The van der Waals surface area contributed by atoms with Crippen molar-refractivity contribution >= 4 is 16.6 Å². The summed E-state index contributed by atoms with van der Waals surface area (Å²) >= 11 is 0. The number of hydrogen-bond acceptors (Lipinski definition) is 2. The second-order valence-electron chi connectivity index (χ2n) is 2.29. The van der Waals surface area contributed by atoms with E-state index in [0.717, 1.165) is 10.9 Å². The molecule has 1 radical (unpaired) electrons. The maximum absolute atomic E-state index is 7.29. The van der Waals surface area contributed by atoms with Gasteiger partial charge in [-0.15, -0.1) is 0 Å². The fraction of sp³-hybridized carbons (Fsp3) is 0. The lowest BCUT2D eigenvalue weighted by molar-refractivity contribution is 1.31. The molecular weight excluding hydrogens is 138 g/mol. The van der Waals surface area contributed by atoms with Gasteiger partial charge in [-0.1, -0.05) is 0 Å². The summed E-state index contributed by atoms with van der Waals surface area (Å²) in [5, 5.41) is 0.917. The average Bonchev–Trinajstić information content (AvgIpc) is 2.04. The van der Waals surface area contributed by atoms with E-state index in [2.05, 4.69) is 9.97 Å². The van der Waals surface area contributed by atoms with Gasteiger partial charge in [-0.3, -0.25) is 15.7 Å². The largest absolute Gasteiger partial charge is 0.299 e. The molecule has 0 saturated carbocycles.